The van der Waals surface area contributed by atoms with E-state index in [1.165, 1.54) is 6.92 Å². The summed E-state index contributed by atoms with van der Waals surface area (Å²) in [5.41, 5.74) is 0.0673. The van der Waals surface area contributed by atoms with E-state index in [1.807, 2.05) is 0 Å². The number of nitrogens with one attached hydrogen (secondary N) is 1. The molecule has 0 radical (unpaired) electrons. The predicted octanol–water partition coefficient (Wildman–Crippen LogP) is 1.11. The molecule has 1 rings (SSSR count). The number of hydrogen-bond donors (Lipinski definition) is 1. The molecule has 1 aromatic rings. The van der Waals surface area contributed by atoms with Gasteiger partial charge in [0.2, 0.25) is 11.3 Å². The molecule has 1 amide bonds. The van der Waals surface area contributed by atoms with Crippen molar-refractivity contribution in [2.45, 2.75) is 6.92 Å². The zero-order valence-electron chi connectivity index (χ0n) is 7.30. The number of pyridine rings is 1. The van der Waals surface area contributed by atoms with E-state index in [1.54, 1.807) is 24.0 Å². The average Bonchev–Trinajstić information content (AvgIpc) is 1.98. The van der Waals surface area contributed by atoms with Gasteiger partial charge in [0, 0.05) is 26.4 Å². The van der Waals surface area contributed by atoms with E-state index in [2.05, 4.69) is 21.2 Å². The number of aromatic nitrogens is 1. The molecule has 13 heavy (non-hydrogen) atoms. The van der Waals surface area contributed by atoms with E-state index in [0.29, 0.717) is 4.47 Å². The molecule has 0 bridgehead atoms. The van der Waals surface area contributed by atoms with Gasteiger partial charge >= 0.3 is 0 Å². The van der Waals surface area contributed by atoms with Crippen LogP contribution in [0, 0.1) is 0 Å². The maximum Gasteiger partial charge on any atom is 0.221 e. The van der Waals surface area contributed by atoms with Gasteiger partial charge in [-0.3, -0.25) is 9.59 Å². The third-order valence-corrected chi connectivity index (χ3v) is 1.99. The van der Waals surface area contributed by atoms with Crippen LogP contribution in [0.4, 0.5) is 5.69 Å². The fraction of sp³-hybridized carbons (Fsp3) is 0.250. The van der Waals surface area contributed by atoms with Gasteiger partial charge in [0.1, 0.15) is 5.69 Å². The number of hydrogen-bond acceptors (Lipinski definition) is 2. The Morgan fingerprint density at radius 2 is 2.15 bits per heavy atom. The number of nitrogens with zero attached hydrogens (tertiary/aromatic N) is 1. The monoisotopic (exact) mass is 244 g/mol. The quantitative estimate of drug-likeness (QED) is 0.805. The molecule has 0 saturated heterocycles. The lowest BCUT2D eigenvalue weighted by atomic mass is 10.4. The van der Waals surface area contributed by atoms with Crippen LogP contribution in [-0.4, -0.2) is 10.5 Å². The summed E-state index contributed by atoms with van der Waals surface area (Å²) in [6.07, 6.45) is 3.20. The lowest BCUT2D eigenvalue weighted by Crippen LogP contribution is -2.17. The van der Waals surface area contributed by atoms with Crippen molar-refractivity contribution in [2.24, 2.45) is 7.05 Å². The number of carbonyl (C=O) groups is 1. The Hall–Kier alpha value is -1.10. The maximum absolute atomic E-state index is 11.4. The van der Waals surface area contributed by atoms with Crippen molar-refractivity contribution in [1.29, 1.82) is 0 Å². The minimum atomic E-state index is -0.254. The topological polar surface area (TPSA) is 51.1 Å². The highest BCUT2D eigenvalue weighted by atomic mass is 79.9. The van der Waals surface area contributed by atoms with Crippen LogP contribution in [0.2, 0.25) is 0 Å². The fourth-order valence-electron chi connectivity index (χ4n) is 0.944. The molecule has 0 spiro atoms. The molecule has 0 aliphatic rings. The van der Waals surface area contributed by atoms with Gasteiger partial charge in [0.15, 0.2) is 0 Å². The van der Waals surface area contributed by atoms with E-state index >= 15 is 0 Å². The molecule has 70 valence electrons. The molecule has 0 aliphatic carbocycles. The molecule has 0 atom stereocenters. The third-order valence-electron chi connectivity index (χ3n) is 1.42. The van der Waals surface area contributed by atoms with Gasteiger partial charge in [-0.2, -0.15) is 0 Å². The van der Waals surface area contributed by atoms with Crippen LogP contribution in [0.25, 0.3) is 0 Å². The molecule has 0 aromatic carbocycles. The number of halogens is 1. The molecule has 0 aliphatic heterocycles. The molecule has 4 nitrogen and oxygen atoms in total. The Morgan fingerprint density at radius 3 is 2.69 bits per heavy atom. The first-order valence-electron chi connectivity index (χ1n) is 3.64. The molecular weight excluding hydrogens is 236 g/mol. The van der Waals surface area contributed by atoms with Crippen LogP contribution >= 0.6 is 15.9 Å². The Bertz CT molecular complexity index is 398. The smallest absolute Gasteiger partial charge is 0.221 e. The summed E-state index contributed by atoms with van der Waals surface area (Å²) in [4.78, 5) is 22.1. The second-order valence-corrected chi connectivity index (χ2v) is 3.55. The fourth-order valence-corrected chi connectivity index (χ4v) is 1.48. The standard InChI is InChI=1S/C8H9BrN2O2/c1-5(12)10-7-4-11(2)3-6(9)8(7)13/h3-4H,1-2H3,(H,10,12). The highest BCUT2D eigenvalue weighted by molar-refractivity contribution is 9.10. The van der Waals surface area contributed by atoms with E-state index in [4.69, 9.17) is 0 Å². The second kappa shape index (κ2) is 3.74. The first kappa shape index (κ1) is 9.98. The van der Waals surface area contributed by atoms with Crippen molar-refractivity contribution in [3.8, 4) is 0 Å². The SMILES string of the molecule is CC(=O)Nc1cn(C)cc(Br)c1=O. The zero-order chi connectivity index (χ0) is 10.0. The van der Waals surface area contributed by atoms with Crippen LogP contribution in [0.15, 0.2) is 21.7 Å². The summed E-state index contributed by atoms with van der Waals surface area (Å²) in [6.45, 7) is 1.36. The van der Waals surface area contributed by atoms with Crippen LogP contribution < -0.4 is 10.7 Å². The lowest BCUT2D eigenvalue weighted by Gasteiger charge is -2.04. The lowest BCUT2D eigenvalue weighted by molar-refractivity contribution is -0.114. The summed E-state index contributed by atoms with van der Waals surface area (Å²) in [7, 11) is 1.77. The Balaban J connectivity index is 3.21. The van der Waals surface area contributed by atoms with Crippen LogP contribution in [0.5, 0.6) is 0 Å². The Kier molecular flexibility index (Phi) is 2.87. The van der Waals surface area contributed by atoms with Gasteiger partial charge in [-0.25, -0.2) is 0 Å². The van der Waals surface area contributed by atoms with Gasteiger partial charge in [-0.05, 0) is 15.9 Å². The Labute approximate surface area is 83.7 Å². The first-order valence-corrected chi connectivity index (χ1v) is 4.43. The number of aryl methyl sites for hydroxylation is 1. The molecule has 0 unspecified atom stereocenters. The summed E-state index contributed by atoms with van der Waals surface area (Å²) >= 11 is 3.10. The normalized spacial score (nSPS) is 9.77. The predicted molar refractivity (Wildman–Crippen MR) is 53.7 cm³/mol. The number of rotatable bonds is 1. The summed E-state index contributed by atoms with van der Waals surface area (Å²) in [5, 5.41) is 2.45. The van der Waals surface area contributed by atoms with Crippen LogP contribution in [0.1, 0.15) is 6.92 Å². The maximum atomic E-state index is 11.4. The number of anilines is 1. The van der Waals surface area contributed by atoms with Crippen LogP contribution in [-0.2, 0) is 11.8 Å². The van der Waals surface area contributed by atoms with Crippen molar-refractivity contribution >= 4 is 27.5 Å². The van der Waals surface area contributed by atoms with Gasteiger partial charge in [0.25, 0.3) is 0 Å². The molecule has 1 N–H and O–H groups in total. The number of carbonyl (C=O) groups excluding carboxylic acids is 1. The molecule has 5 heteroatoms. The average molecular weight is 245 g/mol. The van der Waals surface area contributed by atoms with Crippen molar-refractivity contribution in [1.82, 2.24) is 4.57 Å². The summed E-state index contributed by atoms with van der Waals surface area (Å²) in [5.74, 6) is -0.254. The molecule has 1 heterocycles. The summed E-state index contributed by atoms with van der Waals surface area (Å²) in [6, 6.07) is 0. The van der Waals surface area contributed by atoms with Crippen LogP contribution in [0.3, 0.4) is 0 Å². The van der Waals surface area contributed by atoms with Gasteiger partial charge in [-0.1, -0.05) is 0 Å². The Morgan fingerprint density at radius 1 is 1.54 bits per heavy atom. The van der Waals surface area contributed by atoms with Crippen molar-refractivity contribution in [3.63, 3.8) is 0 Å². The highest BCUT2D eigenvalue weighted by Gasteiger charge is 2.04. The van der Waals surface area contributed by atoms with Crippen molar-refractivity contribution < 1.29 is 4.79 Å². The molecular formula is C8H9BrN2O2. The van der Waals surface area contributed by atoms with Gasteiger partial charge in [-0.15, -0.1) is 0 Å². The van der Waals surface area contributed by atoms with E-state index in [-0.39, 0.29) is 17.0 Å². The van der Waals surface area contributed by atoms with Crippen molar-refractivity contribution in [3.05, 3.63) is 27.1 Å². The zero-order valence-corrected chi connectivity index (χ0v) is 8.88. The van der Waals surface area contributed by atoms with E-state index in [9.17, 15) is 9.59 Å². The van der Waals surface area contributed by atoms with E-state index in [0.717, 1.165) is 0 Å². The van der Waals surface area contributed by atoms with Crippen molar-refractivity contribution in [2.75, 3.05) is 5.32 Å². The molecule has 0 fully saturated rings. The van der Waals surface area contributed by atoms with E-state index < -0.39 is 0 Å². The van der Waals surface area contributed by atoms with Gasteiger partial charge in [0.05, 0.1) is 4.47 Å². The largest absolute Gasteiger partial charge is 0.354 e. The van der Waals surface area contributed by atoms with Gasteiger partial charge < -0.3 is 9.88 Å². The molecule has 1 aromatic heterocycles. The minimum Gasteiger partial charge on any atom is -0.354 e. The highest BCUT2D eigenvalue weighted by Crippen LogP contribution is 2.07. The number of amides is 1. The summed E-state index contributed by atoms with van der Waals surface area (Å²) < 4.78 is 2.12. The second-order valence-electron chi connectivity index (χ2n) is 2.70. The first-order chi connectivity index (χ1) is 6.00. The molecule has 0 saturated carbocycles. The minimum absolute atomic E-state index is 0.215. The third kappa shape index (κ3) is 2.42.